The highest BCUT2D eigenvalue weighted by molar-refractivity contribution is 5.54. The van der Waals surface area contributed by atoms with E-state index in [4.69, 9.17) is 0 Å². The number of allylic oxidation sites excluding steroid dienone is 1. The van der Waals surface area contributed by atoms with E-state index in [0.29, 0.717) is 11.7 Å². The highest BCUT2D eigenvalue weighted by Gasteiger charge is 2.06. The zero-order valence-corrected chi connectivity index (χ0v) is 11.9. The van der Waals surface area contributed by atoms with Crippen LogP contribution in [0.4, 0.5) is 0 Å². The van der Waals surface area contributed by atoms with Crippen LogP contribution in [0.15, 0.2) is 54.1 Å². The van der Waals surface area contributed by atoms with Crippen molar-refractivity contribution in [1.82, 2.24) is 0 Å². The fourth-order valence-electron chi connectivity index (χ4n) is 2.12. The topological polar surface area (TPSA) is 40.5 Å². The second-order valence-corrected chi connectivity index (χ2v) is 5.25. The monoisotopic (exact) mass is 268 g/mol. The molecule has 0 radical (unpaired) electrons. The Morgan fingerprint density at radius 1 is 0.950 bits per heavy atom. The van der Waals surface area contributed by atoms with Crippen LogP contribution in [0, 0.1) is 5.92 Å². The Bertz CT molecular complexity index is 580. The Balaban J connectivity index is 2.06. The maximum absolute atomic E-state index is 9.29. The molecule has 0 aliphatic carbocycles. The molecule has 0 aliphatic rings. The lowest BCUT2D eigenvalue weighted by Gasteiger charge is -2.13. The van der Waals surface area contributed by atoms with Crippen LogP contribution in [0.25, 0.3) is 6.08 Å². The Morgan fingerprint density at radius 2 is 1.45 bits per heavy atom. The van der Waals surface area contributed by atoms with Gasteiger partial charge in [0.25, 0.3) is 0 Å². The van der Waals surface area contributed by atoms with Crippen LogP contribution < -0.4 is 0 Å². The summed E-state index contributed by atoms with van der Waals surface area (Å²) in [5.41, 5.74) is 3.61. The summed E-state index contributed by atoms with van der Waals surface area (Å²) in [6, 6.07) is 14.6. The third-order valence-corrected chi connectivity index (χ3v) is 3.54. The first-order chi connectivity index (χ1) is 9.54. The second kappa shape index (κ2) is 6.29. The molecule has 2 aromatic carbocycles. The molecule has 2 heteroatoms. The Morgan fingerprint density at radius 3 is 2.00 bits per heavy atom. The van der Waals surface area contributed by atoms with Crippen molar-refractivity contribution in [1.29, 1.82) is 0 Å². The van der Waals surface area contributed by atoms with Gasteiger partial charge in [0.05, 0.1) is 0 Å². The van der Waals surface area contributed by atoms with Gasteiger partial charge in [0.2, 0.25) is 0 Å². The minimum atomic E-state index is 0.289. The fourth-order valence-corrected chi connectivity index (χ4v) is 2.12. The summed E-state index contributed by atoms with van der Waals surface area (Å²) in [6.45, 7) is 4.32. The zero-order valence-electron chi connectivity index (χ0n) is 11.9. The summed E-state index contributed by atoms with van der Waals surface area (Å²) in [6.07, 6.45) is 3.09. The molecule has 0 amide bonds. The average Bonchev–Trinajstić information content (AvgIpc) is 2.44. The van der Waals surface area contributed by atoms with Crippen molar-refractivity contribution in [3.8, 4) is 11.5 Å². The first-order valence-corrected chi connectivity index (χ1v) is 6.80. The molecular weight excluding hydrogens is 248 g/mol. The molecule has 1 unspecified atom stereocenters. The molecule has 0 bridgehead atoms. The highest BCUT2D eigenvalue weighted by atomic mass is 16.3. The maximum atomic E-state index is 9.29. The molecule has 0 fully saturated rings. The molecule has 0 aromatic heterocycles. The maximum Gasteiger partial charge on any atom is 0.115 e. The number of benzene rings is 2. The van der Waals surface area contributed by atoms with Gasteiger partial charge in [-0.1, -0.05) is 42.8 Å². The van der Waals surface area contributed by atoms with Gasteiger partial charge in [-0.05, 0) is 54.7 Å². The lowest BCUT2D eigenvalue weighted by molar-refractivity contribution is 0.474. The van der Waals surface area contributed by atoms with Gasteiger partial charge in [-0.2, -0.15) is 0 Å². The molecule has 0 heterocycles. The predicted octanol–water partition coefficient (Wildman–Crippen LogP) is 4.38. The second-order valence-electron chi connectivity index (χ2n) is 5.25. The molecular formula is C18H20O2. The van der Waals surface area contributed by atoms with E-state index in [2.05, 4.69) is 19.9 Å². The summed E-state index contributed by atoms with van der Waals surface area (Å²) in [5.74, 6) is 1.02. The van der Waals surface area contributed by atoms with E-state index < -0.39 is 0 Å². The number of aromatic hydroxyl groups is 2. The highest BCUT2D eigenvalue weighted by Crippen LogP contribution is 2.21. The summed E-state index contributed by atoms with van der Waals surface area (Å²) in [7, 11) is 0. The van der Waals surface area contributed by atoms with Gasteiger partial charge in [0.15, 0.2) is 0 Å². The van der Waals surface area contributed by atoms with E-state index >= 15 is 0 Å². The third-order valence-electron chi connectivity index (χ3n) is 3.54. The fraction of sp³-hybridized carbons (Fsp3) is 0.222. The van der Waals surface area contributed by atoms with Gasteiger partial charge in [-0.15, -0.1) is 0 Å². The molecule has 0 saturated carbocycles. The van der Waals surface area contributed by atoms with Gasteiger partial charge in [0, 0.05) is 0 Å². The van der Waals surface area contributed by atoms with Crippen molar-refractivity contribution < 1.29 is 10.2 Å². The lowest BCUT2D eigenvalue weighted by Crippen LogP contribution is -2.01. The third kappa shape index (κ3) is 3.89. The lowest BCUT2D eigenvalue weighted by atomic mass is 9.93. The standard InChI is InChI=1S/C18H20O2/c1-13(11-15-3-7-17(19)8-4-15)14(2)12-16-5-9-18(20)10-6-16/h3-11,14,19-20H,12H2,1-2H3/b13-11-. The van der Waals surface area contributed by atoms with Crippen molar-refractivity contribution >= 4 is 6.08 Å². The Labute approximate surface area is 120 Å². The van der Waals surface area contributed by atoms with E-state index in [9.17, 15) is 10.2 Å². The number of phenols is 2. The van der Waals surface area contributed by atoms with Crippen molar-refractivity contribution in [3.05, 3.63) is 65.2 Å². The van der Waals surface area contributed by atoms with E-state index in [1.807, 2.05) is 24.3 Å². The number of hydrogen-bond donors (Lipinski definition) is 2. The molecule has 0 aliphatic heterocycles. The molecule has 2 N–H and O–H groups in total. The summed E-state index contributed by atoms with van der Waals surface area (Å²) < 4.78 is 0. The van der Waals surface area contributed by atoms with Gasteiger partial charge in [0.1, 0.15) is 11.5 Å². The first kappa shape index (κ1) is 14.2. The number of rotatable bonds is 4. The normalized spacial score (nSPS) is 13.2. The van der Waals surface area contributed by atoms with Crippen LogP contribution >= 0.6 is 0 Å². The largest absolute Gasteiger partial charge is 0.508 e. The van der Waals surface area contributed by atoms with Crippen molar-refractivity contribution in [2.24, 2.45) is 5.92 Å². The van der Waals surface area contributed by atoms with Gasteiger partial charge in [-0.3, -0.25) is 0 Å². The van der Waals surface area contributed by atoms with Gasteiger partial charge < -0.3 is 10.2 Å². The summed E-state index contributed by atoms with van der Waals surface area (Å²) >= 11 is 0. The molecule has 2 rings (SSSR count). The molecule has 2 aromatic rings. The number of hydrogen-bond acceptors (Lipinski definition) is 2. The van der Waals surface area contributed by atoms with Crippen LogP contribution in [0.3, 0.4) is 0 Å². The first-order valence-electron chi connectivity index (χ1n) is 6.80. The molecule has 104 valence electrons. The summed E-state index contributed by atoms with van der Waals surface area (Å²) in [5, 5.41) is 18.6. The Hall–Kier alpha value is -2.22. The molecule has 1 atom stereocenters. The predicted molar refractivity (Wildman–Crippen MR) is 82.7 cm³/mol. The van der Waals surface area contributed by atoms with Crippen LogP contribution in [-0.4, -0.2) is 10.2 Å². The van der Waals surface area contributed by atoms with E-state index in [1.165, 1.54) is 11.1 Å². The van der Waals surface area contributed by atoms with E-state index in [-0.39, 0.29) is 5.75 Å². The molecule has 2 nitrogen and oxygen atoms in total. The van der Waals surface area contributed by atoms with Crippen LogP contribution in [0.5, 0.6) is 11.5 Å². The summed E-state index contributed by atoms with van der Waals surface area (Å²) in [4.78, 5) is 0. The smallest absolute Gasteiger partial charge is 0.115 e. The minimum Gasteiger partial charge on any atom is -0.508 e. The van der Waals surface area contributed by atoms with Gasteiger partial charge in [-0.25, -0.2) is 0 Å². The van der Waals surface area contributed by atoms with Crippen molar-refractivity contribution in [3.63, 3.8) is 0 Å². The average molecular weight is 268 g/mol. The van der Waals surface area contributed by atoms with Crippen LogP contribution in [-0.2, 0) is 6.42 Å². The number of phenolic OH excluding ortho intramolecular Hbond substituents is 2. The molecule has 20 heavy (non-hydrogen) atoms. The minimum absolute atomic E-state index is 0.289. The van der Waals surface area contributed by atoms with Gasteiger partial charge >= 0.3 is 0 Å². The SMILES string of the molecule is C/C(=C/c1ccc(O)cc1)C(C)Cc1ccc(O)cc1. The van der Waals surface area contributed by atoms with Crippen molar-refractivity contribution in [2.75, 3.05) is 0 Å². The molecule has 0 saturated heterocycles. The Kier molecular flexibility index (Phi) is 4.46. The van der Waals surface area contributed by atoms with Crippen molar-refractivity contribution in [2.45, 2.75) is 20.3 Å². The quantitative estimate of drug-likeness (QED) is 0.864. The van der Waals surface area contributed by atoms with Crippen LogP contribution in [0.1, 0.15) is 25.0 Å². The zero-order chi connectivity index (χ0) is 14.5. The van der Waals surface area contributed by atoms with Crippen LogP contribution in [0.2, 0.25) is 0 Å². The van der Waals surface area contributed by atoms with E-state index in [1.54, 1.807) is 24.3 Å². The molecule has 0 spiro atoms. The van der Waals surface area contributed by atoms with E-state index in [0.717, 1.165) is 12.0 Å².